The Balaban J connectivity index is 1.78. The van der Waals surface area contributed by atoms with Crippen LogP contribution in [0, 0.1) is 5.82 Å². The predicted octanol–water partition coefficient (Wildman–Crippen LogP) is 2.53. The van der Waals surface area contributed by atoms with Crippen LogP contribution >= 0.6 is 11.3 Å². The maximum atomic E-state index is 13.1. The molecule has 1 amide bonds. The molecule has 0 saturated heterocycles. The Morgan fingerprint density at radius 3 is 2.63 bits per heavy atom. The molecule has 1 aromatic carbocycles. The number of thiophene rings is 1. The van der Waals surface area contributed by atoms with Crippen LogP contribution in [-0.2, 0) is 35.5 Å². The van der Waals surface area contributed by atoms with Crippen LogP contribution < -0.4 is 16.6 Å². The number of hydrogen-bond donors (Lipinski definition) is 1. The number of nitrogens with zero attached hydrogens (tertiary/aromatic N) is 2. The molecule has 158 valence electrons. The van der Waals surface area contributed by atoms with Crippen LogP contribution in [-0.4, -0.2) is 28.8 Å². The van der Waals surface area contributed by atoms with E-state index >= 15 is 0 Å². The van der Waals surface area contributed by atoms with Gasteiger partial charge < -0.3 is 10.1 Å². The summed E-state index contributed by atoms with van der Waals surface area (Å²) in [5, 5.41) is 3.22. The highest BCUT2D eigenvalue weighted by Crippen LogP contribution is 2.34. The van der Waals surface area contributed by atoms with Crippen molar-refractivity contribution in [2.24, 2.45) is 0 Å². The van der Waals surface area contributed by atoms with Gasteiger partial charge in [0.1, 0.15) is 17.2 Å². The molecule has 0 unspecified atom stereocenters. The van der Waals surface area contributed by atoms with Crippen LogP contribution in [0.1, 0.15) is 23.3 Å². The lowest BCUT2D eigenvalue weighted by Crippen LogP contribution is -2.42. The number of nitrogens with one attached hydrogen (secondary N) is 1. The monoisotopic (exact) mass is 431 g/mol. The molecule has 1 aliphatic rings. The zero-order valence-electron chi connectivity index (χ0n) is 16.6. The zero-order chi connectivity index (χ0) is 21.3. The van der Waals surface area contributed by atoms with Gasteiger partial charge in [-0.3, -0.25) is 18.7 Å². The minimum atomic E-state index is -0.530. The van der Waals surface area contributed by atoms with Crippen molar-refractivity contribution < 1.29 is 13.9 Å². The summed E-state index contributed by atoms with van der Waals surface area (Å²) in [5.74, 6) is -0.825. The third-order valence-corrected chi connectivity index (χ3v) is 6.58. The number of benzene rings is 1. The highest BCUT2D eigenvalue weighted by atomic mass is 32.1. The molecule has 0 aliphatic heterocycles. The summed E-state index contributed by atoms with van der Waals surface area (Å²) in [6.45, 7) is 0.0996. The van der Waals surface area contributed by atoms with Gasteiger partial charge in [0.15, 0.2) is 0 Å². The first kappa shape index (κ1) is 20.5. The number of hydrogen-bond acceptors (Lipinski definition) is 5. The second kappa shape index (κ2) is 8.53. The molecule has 0 spiro atoms. The summed E-state index contributed by atoms with van der Waals surface area (Å²) in [5.41, 5.74) is 0.591. The topological polar surface area (TPSA) is 82.3 Å². The van der Waals surface area contributed by atoms with Crippen molar-refractivity contribution in [3.05, 3.63) is 61.4 Å². The van der Waals surface area contributed by atoms with Gasteiger partial charge in [-0.05, 0) is 55.5 Å². The quantitative estimate of drug-likeness (QED) is 0.650. The largest absolute Gasteiger partial charge is 0.383 e. The summed E-state index contributed by atoms with van der Waals surface area (Å²) >= 11 is 1.43. The first-order chi connectivity index (χ1) is 14.5. The first-order valence-electron chi connectivity index (χ1n) is 9.82. The molecule has 0 saturated carbocycles. The average molecular weight is 431 g/mol. The summed E-state index contributed by atoms with van der Waals surface area (Å²) in [4.78, 5) is 40.5. The van der Waals surface area contributed by atoms with Crippen molar-refractivity contribution in [2.75, 3.05) is 19.0 Å². The number of amides is 1. The fraction of sp³-hybridized carbons (Fsp3) is 0.381. The normalized spacial score (nSPS) is 13.4. The van der Waals surface area contributed by atoms with Crippen molar-refractivity contribution in [1.29, 1.82) is 0 Å². The number of rotatable bonds is 6. The van der Waals surface area contributed by atoms with E-state index in [0.717, 1.165) is 40.7 Å². The lowest BCUT2D eigenvalue weighted by molar-refractivity contribution is -0.116. The van der Waals surface area contributed by atoms with Crippen LogP contribution in [0.25, 0.3) is 10.2 Å². The van der Waals surface area contributed by atoms with Gasteiger partial charge in [0.2, 0.25) is 5.91 Å². The van der Waals surface area contributed by atoms with Gasteiger partial charge in [-0.25, -0.2) is 9.18 Å². The molecule has 3 aromatic rings. The summed E-state index contributed by atoms with van der Waals surface area (Å²) < 4.78 is 20.7. The molecule has 1 aliphatic carbocycles. The van der Waals surface area contributed by atoms with Gasteiger partial charge in [-0.1, -0.05) is 0 Å². The van der Waals surface area contributed by atoms with Crippen LogP contribution in [0.15, 0.2) is 33.9 Å². The molecule has 9 heteroatoms. The number of fused-ring (bicyclic) bond motifs is 3. The van der Waals surface area contributed by atoms with Gasteiger partial charge in [-0.2, -0.15) is 0 Å². The second-order valence-corrected chi connectivity index (χ2v) is 8.35. The molecule has 2 heterocycles. The Bertz CT molecular complexity index is 1210. The minimum Gasteiger partial charge on any atom is -0.383 e. The smallest absolute Gasteiger partial charge is 0.332 e. The van der Waals surface area contributed by atoms with Crippen LogP contribution in [0.4, 0.5) is 10.1 Å². The average Bonchev–Trinajstić information content (AvgIpc) is 3.12. The van der Waals surface area contributed by atoms with Gasteiger partial charge in [0, 0.05) is 17.7 Å². The standard InChI is InChI=1S/C21H22FN3O4S/c1-29-11-10-24-19(27)18-15-4-2-3-5-16(15)30-20(18)25(21(24)28)12-17(26)23-14-8-6-13(22)7-9-14/h6-9H,2-5,10-12H2,1H3,(H,23,26). The van der Waals surface area contributed by atoms with E-state index < -0.39 is 17.4 Å². The molecule has 0 atom stereocenters. The van der Waals surface area contributed by atoms with Gasteiger partial charge in [0.25, 0.3) is 5.56 Å². The molecule has 1 N–H and O–H groups in total. The van der Waals surface area contributed by atoms with E-state index in [2.05, 4.69) is 5.32 Å². The Morgan fingerprint density at radius 2 is 1.90 bits per heavy atom. The van der Waals surface area contributed by atoms with Gasteiger partial charge >= 0.3 is 5.69 Å². The van der Waals surface area contributed by atoms with Crippen molar-refractivity contribution in [1.82, 2.24) is 9.13 Å². The Hall–Kier alpha value is -2.78. The maximum Gasteiger partial charge on any atom is 0.332 e. The number of aryl methyl sites for hydroxylation is 2. The van der Waals surface area contributed by atoms with Crippen molar-refractivity contribution in [3.8, 4) is 0 Å². The molecule has 0 bridgehead atoms. The molecule has 0 fully saturated rings. The Labute approximate surface area is 175 Å². The van der Waals surface area contributed by atoms with E-state index in [1.54, 1.807) is 0 Å². The fourth-order valence-corrected chi connectivity index (χ4v) is 5.19. The Morgan fingerprint density at radius 1 is 1.17 bits per heavy atom. The summed E-state index contributed by atoms with van der Waals surface area (Å²) in [7, 11) is 1.50. The molecule has 7 nitrogen and oxygen atoms in total. The number of carbonyl (C=O) groups is 1. The number of aromatic nitrogens is 2. The second-order valence-electron chi connectivity index (χ2n) is 7.26. The van der Waals surface area contributed by atoms with E-state index in [4.69, 9.17) is 4.74 Å². The van der Waals surface area contributed by atoms with Crippen molar-refractivity contribution >= 4 is 33.1 Å². The van der Waals surface area contributed by atoms with E-state index in [1.807, 2.05) is 0 Å². The summed E-state index contributed by atoms with van der Waals surface area (Å²) in [6.07, 6.45) is 3.73. The number of ether oxygens (including phenoxy) is 1. The predicted molar refractivity (Wildman–Crippen MR) is 114 cm³/mol. The minimum absolute atomic E-state index is 0.119. The first-order valence-corrected chi connectivity index (χ1v) is 10.6. The van der Waals surface area contributed by atoms with Gasteiger partial charge in [0.05, 0.1) is 18.5 Å². The molecule has 30 heavy (non-hydrogen) atoms. The number of methoxy groups -OCH3 is 1. The molecular formula is C21H22FN3O4S. The lowest BCUT2D eigenvalue weighted by atomic mass is 9.97. The van der Waals surface area contributed by atoms with E-state index in [-0.39, 0.29) is 25.3 Å². The van der Waals surface area contributed by atoms with E-state index in [0.29, 0.717) is 15.9 Å². The van der Waals surface area contributed by atoms with Crippen molar-refractivity contribution in [2.45, 2.75) is 38.8 Å². The molecule has 2 aromatic heterocycles. The number of halogens is 1. The third kappa shape index (κ3) is 3.82. The zero-order valence-corrected chi connectivity index (χ0v) is 17.4. The van der Waals surface area contributed by atoms with Crippen LogP contribution in [0.5, 0.6) is 0 Å². The molecular weight excluding hydrogens is 409 g/mol. The van der Waals surface area contributed by atoms with Crippen LogP contribution in [0.2, 0.25) is 0 Å². The summed E-state index contributed by atoms with van der Waals surface area (Å²) in [6, 6.07) is 5.40. The van der Waals surface area contributed by atoms with E-state index in [1.165, 1.54) is 47.3 Å². The highest BCUT2D eigenvalue weighted by Gasteiger charge is 2.24. The lowest BCUT2D eigenvalue weighted by Gasteiger charge is -2.13. The van der Waals surface area contributed by atoms with Crippen LogP contribution in [0.3, 0.4) is 0 Å². The number of carbonyl (C=O) groups excluding carboxylic acids is 1. The van der Waals surface area contributed by atoms with Gasteiger partial charge in [-0.15, -0.1) is 11.3 Å². The fourth-order valence-electron chi connectivity index (χ4n) is 3.81. The Kier molecular flexibility index (Phi) is 5.83. The molecule has 0 radical (unpaired) electrons. The SMILES string of the molecule is COCCn1c(=O)c2c3c(sc2n(CC(=O)Nc2ccc(F)cc2)c1=O)CCCC3. The maximum absolute atomic E-state index is 13.1. The number of anilines is 1. The highest BCUT2D eigenvalue weighted by molar-refractivity contribution is 7.18. The third-order valence-electron chi connectivity index (χ3n) is 5.27. The van der Waals surface area contributed by atoms with Crippen molar-refractivity contribution in [3.63, 3.8) is 0 Å². The van der Waals surface area contributed by atoms with E-state index in [9.17, 15) is 18.8 Å². The molecule has 4 rings (SSSR count).